The lowest BCUT2D eigenvalue weighted by atomic mass is 9.96. The second-order valence-electron chi connectivity index (χ2n) is 3.53. The van der Waals surface area contributed by atoms with Crippen LogP contribution in [0.4, 0.5) is 0 Å². The van der Waals surface area contributed by atoms with Gasteiger partial charge in [0.05, 0.1) is 11.5 Å². The summed E-state index contributed by atoms with van der Waals surface area (Å²) in [5, 5.41) is 15.0. The van der Waals surface area contributed by atoms with E-state index in [0.29, 0.717) is 6.54 Å². The summed E-state index contributed by atoms with van der Waals surface area (Å²) >= 11 is 1.62. The summed E-state index contributed by atoms with van der Waals surface area (Å²) in [7, 11) is 0. The van der Waals surface area contributed by atoms with E-state index in [1.165, 1.54) is 0 Å². The third-order valence-electron chi connectivity index (χ3n) is 1.63. The third kappa shape index (κ3) is 3.53. The number of hydrogen-bond donors (Lipinski definition) is 1. The van der Waals surface area contributed by atoms with Crippen molar-refractivity contribution in [3.8, 4) is 6.07 Å². The molecule has 1 aromatic rings. The first-order valence-electron chi connectivity index (χ1n) is 4.14. The van der Waals surface area contributed by atoms with Crippen molar-refractivity contribution in [2.45, 2.75) is 20.4 Å². The first-order chi connectivity index (χ1) is 6.14. The predicted molar refractivity (Wildman–Crippen MR) is 53.2 cm³/mol. The van der Waals surface area contributed by atoms with Gasteiger partial charge in [0.2, 0.25) is 0 Å². The summed E-state index contributed by atoms with van der Waals surface area (Å²) in [5.74, 6) is 0. The molecule has 0 spiro atoms. The van der Waals surface area contributed by atoms with E-state index < -0.39 is 0 Å². The monoisotopic (exact) mass is 195 g/mol. The molecule has 1 aromatic heterocycles. The lowest BCUT2D eigenvalue weighted by Gasteiger charge is -2.14. The fraction of sp³-hybridized carbons (Fsp3) is 0.556. The minimum absolute atomic E-state index is 0.294. The van der Waals surface area contributed by atoms with Crippen LogP contribution in [-0.4, -0.2) is 11.5 Å². The molecule has 0 aliphatic heterocycles. The van der Waals surface area contributed by atoms with Crippen LogP contribution in [0.3, 0.4) is 0 Å². The van der Waals surface area contributed by atoms with Crippen molar-refractivity contribution in [3.05, 3.63) is 16.6 Å². The van der Waals surface area contributed by atoms with E-state index in [4.69, 9.17) is 5.26 Å². The van der Waals surface area contributed by atoms with E-state index >= 15 is 0 Å². The molecule has 4 heteroatoms. The highest BCUT2D eigenvalue weighted by Gasteiger charge is 2.15. The molecule has 0 unspecified atom stereocenters. The SMILES string of the molecule is CC(C)(C#N)CNCc1nccs1. The lowest BCUT2D eigenvalue weighted by Crippen LogP contribution is -2.27. The predicted octanol–water partition coefficient (Wildman–Crippen LogP) is 1.78. The third-order valence-corrected chi connectivity index (χ3v) is 2.41. The van der Waals surface area contributed by atoms with Crippen molar-refractivity contribution in [2.75, 3.05) is 6.54 Å². The highest BCUT2D eigenvalue weighted by Crippen LogP contribution is 2.11. The Hall–Kier alpha value is -0.920. The Labute approximate surface area is 82.4 Å². The zero-order valence-corrected chi connectivity index (χ0v) is 8.69. The van der Waals surface area contributed by atoms with E-state index in [1.807, 2.05) is 19.2 Å². The molecule has 0 aromatic carbocycles. The maximum absolute atomic E-state index is 8.75. The molecule has 0 bridgehead atoms. The van der Waals surface area contributed by atoms with Crippen molar-refractivity contribution in [1.82, 2.24) is 10.3 Å². The maximum Gasteiger partial charge on any atom is 0.106 e. The summed E-state index contributed by atoms with van der Waals surface area (Å²) in [4.78, 5) is 4.13. The largest absolute Gasteiger partial charge is 0.309 e. The maximum atomic E-state index is 8.75. The number of aromatic nitrogens is 1. The van der Waals surface area contributed by atoms with Crippen LogP contribution < -0.4 is 5.32 Å². The van der Waals surface area contributed by atoms with Crippen molar-refractivity contribution < 1.29 is 0 Å². The molecule has 0 aliphatic carbocycles. The van der Waals surface area contributed by atoms with Gasteiger partial charge in [-0.2, -0.15) is 5.26 Å². The highest BCUT2D eigenvalue weighted by atomic mass is 32.1. The number of nitrogens with one attached hydrogen (secondary N) is 1. The normalized spacial score (nSPS) is 11.2. The lowest BCUT2D eigenvalue weighted by molar-refractivity contribution is 0.445. The van der Waals surface area contributed by atoms with Gasteiger partial charge >= 0.3 is 0 Å². The van der Waals surface area contributed by atoms with Crippen LogP contribution in [-0.2, 0) is 6.54 Å². The Morgan fingerprint density at radius 3 is 3.00 bits per heavy atom. The van der Waals surface area contributed by atoms with Crippen LogP contribution in [0.15, 0.2) is 11.6 Å². The van der Waals surface area contributed by atoms with Gasteiger partial charge in [0.15, 0.2) is 0 Å². The number of rotatable bonds is 4. The molecule has 3 nitrogen and oxygen atoms in total. The molecule has 0 aliphatic rings. The van der Waals surface area contributed by atoms with Gasteiger partial charge < -0.3 is 5.32 Å². The molecule has 0 saturated heterocycles. The van der Waals surface area contributed by atoms with Crippen LogP contribution in [0, 0.1) is 16.7 Å². The van der Waals surface area contributed by atoms with E-state index in [2.05, 4.69) is 16.4 Å². The second kappa shape index (κ2) is 4.35. The van der Waals surface area contributed by atoms with Crippen LogP contribution >= 0.6 is 11.3 Å². The average Bonchev–Trinajstić information content (AvgIpc) is 2.57. The Bertz CT molecular complexity index is 284. The quantitative estimate of drug-likeness (QED) is 0.796. The van der Waals surface area contributed by atoms with Gasteiger partial charge in [-0.1, -0.05) is 0 Å². The van der Waals surface area contributed by atoms with E-state index in [1.54, 1.807) is 17.5 Å². The molecular weight excluding hydrogens is 182 g/mol. The zero-order chi connectivity index (χ0) is 9.73. The van der Waals surface area contributed by atoms with Crippen LogP contribution in [0.25, 0.3) is 0 Å². The minimum Gasteiger partial charge on any atom is -0.309 e. The van der Waals surface area contributed by atoms with Gasteiger partial charge in [-0.15, -0.1) is 11.3 Å². The number of thiazole rings is 1. The topological polar surface area (TPSA) is 48.7 Å². The fourth-order valence-electron chi connectivity index (χ4n) is 0.862. The van der Waals surface area contributed by atoms with Crippen molar-refractivity contribution in [1.29, 1.82) is 5.26 Å². The number of nitrogens with zero attached hydrogens (tertiary/aromatic N) is 2. The van der Waals surface area contributed by atoms with Gasteiger partial charge in [0, 0.05) is 24.7 Å². The van der Waals surface area contributed by atoms with Gasteiger partial charge in [0.1, 0.15) is 5.01 Å². The summed E-state index contributed by atoms with van der Waals surface area (Å²) in [6.07, 6.45) is 1.79. The number of nitriles is 1. The first kappa shape index (κ1) is 10.2. The molecule has 1 N–H and O–H groups in total. The molecule has 13 heavy (non-hydrogen) atoms. The second-order valence-corrected chi connectivity index (χ2v) is 4.50. The van der Waals surface area contributed by atoms with Crippen molar-refractivity contribution in [3.63, 3.8) is 0 Å². The molecule has 1 rings (SSSR count). The summed E-state index contributed by atoms with van der Waals surface area (Å²) < 4.78 is 0. The van der Waals surface area contributed by atoms with E-state index in [9.17, 15) is 0 Å². The molecule has 0 amide bonds. The van der Waals surface area contributed by atoms with E-state index in [0.717, 1.165) is 11.6 Å². The van der Waals surface area contributed by atoms with Crippen LogP contribution in [0.5, 0.6) is 0 Å². The average molecular weight is 195 g/mol. The number of hydrogen-bond acceptors (Lipinski definition) is 4. The summed E-state index contributed by atoms with van der Waals surface area (Å²) in [5.41, 5.74) is -0.294. The molecular formula is C9H13N3S. The summed E-state index contributed by atoms with van der Waals surface area (Å²) in [6.45, 7) is 5.29. The van der Waals surface area contributed by atoms with Crippen molar-refractivity contribution in [2.24, 2.45) is 5.41 Å². The van der Waals surface area contributed by atoms with E-state index in [-0.39, 0.29) is 5.41 Å². The van der Waals surface area contributed by atoms with Gasteiger partial charge in [0.25, 0.3) is 0 Å². The minimum atomic E-state index is -0.294. The highest BCUT2D eigenvalue weighted by molar-refractivity contribution is 7.09. The fourth-order valence-corrected chi connectivity index (χ4v) is 1.45. The smallest absolute Gasteiger partial charge is 0.106 e. The van der Waals surface area contributed by atoms with Crippen molar-refractivity contribution >= 4 is 11.3 Å². The molecule has 1 heterocycles. The standard InChI is InChI=1S/C9H13N3S/c1-9(2,6-10)7-11-5-8-12-3-4-13-8/h3-4,11H,5,7H2,1-2H3. The molecule has 0 fully saturated rings. The van der Waals surface area contributed by atoms with Crippen LogP contribution in [0.2, 0.25) is 0 Å². The van der Waals surface area contributed by atoms with Gasteiger partial charge in [-0.05, 0) is 13.8 Å². The van der Waals surface area contributed by atoms with Gasteiger partial charge in [-0.25, -0.2) is 4.98 Å². The zero-order valence-electron chi connectivity index (χ0n) is 7.87. The molecule has 0 saturated carbocycles. The van der Waals surface area contributed by atoms with Gasteiger partial charge in [-0.3, -0.25) is 0 Å². The Morgan fingerprint density at radius 1 is 1.69 bits per heavy atom. The molecule has 0 radical (unpaired) electrons. The summed E-state index contributed by atoms with van der Waals surface area (Å²) in [6, 6.07) is 2.24. The Morgan fingerprint density at radius 2 is 2.46 bits per heavy atom. The van der Waals surface area contributed by atoms with Crippen LogP contribution in [0.1, 0.15) is 18.9 Å². The Balaban J connectivity index is 2.26. The first-order valence-corrected chi connectivity index (χ1v) is 5.02. The molecule has 0 atom stereocenters. The Kier molecular flexibility index (Phi) is 3.40. The molecule has 70 valence electrons.